The van der Waals surface area contributed by atoms with E-state index in [1.807, 2.05) is 20.8 Å². The van der Waals surface area contributed by atoms with E-state index in [0.29, 0.717) is 13.0 Å². The summed E-state index contributed by atoms with van der Waals surface area (Å²) in [6.07, 6.45) is 0.315. The van der Waals surface area contributed by atoms with Crippen molar-refractivity contribution in [2.45, 2.75) is 32.7 Å². The first-order chi connectivity index (χ1) is 5.81. The summed E-state index contributed by atoms with van der Waals surface area (Å²) in [5.74, 6) is -0.0268. The summed E-state index contributed by atoms with van der Waals surface area (Å²) in [6.45, 7) is 6.10. The van der Waals surface area contributed by atoms with E-state index in [4.69, 9.17) is 11.5 Å². The number of hydrogen-bond donors (Lipinski definition) is 3. The van der Waals surface area contributed by atoms with Gasteiger partial charge in [-0.15, -0.1) is 0 Å². The molecule has 5 N–H and O–H groups in total. The standard InChI is InChI=1S/C8H18N4O/c1-8(2,3)12-6(13)4-5-11-7(9)10/h4-5H2,1-3H3,(H,12,13)(H4,9,10,11). The zero-order valence-electron chi connectivity index (χ0n) is 8.42. The second-order valence-electron chi connectivity index (χ2n) is 3.85. The van der Waals surface area contributed by atoms with Crippen LogP contribution in [0.4, 0.5) is 0 Å². The molecule has 1 amide bonds. The summed E-state index contributed by atoms with van der Waals surface area (Å²) in [5.41, 5.74) is 10.0. The molecule has 76 valence electrons. The second-order valence-corrected chi connectivity index (χ2v) is 3.85. The van der Waals surface area contributed by atoms with Gasteiger partial charge in [-0.25, -0.2) is 0 Å². The number of nitrogens with one attached hydrogen (secondary N) is 1. The van der Waals surface area contributed by atoms with Crippen LogP contribution in [0.5, 0.6) is 0 Å². The van der Waals surface area contributed by atoms with Crippen molar-refractivity contribution in [1.82, 2.24) is 5.32 Å². The molecule has 0 aromatic heterocycles. The molecule has 0 aliphatic carbocycles. The Balaban J connectivity index is 3.71. The highest BCUT2D eigenvalue weighted by Gasteiger charge is 2.12. The van der Waals surface area contributed by atoms with Gasteiger partial charge >= 0.3 is 0 Å². The molecule has 0 rings (SSSR count). The van der Waals surface area contributed by atoms with E-state index < -0.39 is 0 Å². The maximum Gasteiger partial charge on any atom is 0.222 e. The third-order valence-electron chi connectivity index (χ3n) is 1.15. The zero-order chi connectivity index (χ0) is 10.5. The fourth-order valence-electron chi connectivity index (χ4n) is 0.767. The van der Waals surface area contributed by atoms with Gasteiger partial charge < -0.3 is 16.8 Å². The Kier molecular flexibility index (Phi) is 4.23. The maximum atomic E-state index is 11.2. The van der Waals surface area contributed by atoms with Crippen LogP contribution in [0.15, 0.2) is 4.99 Å². The molecule has 0 heterocycles. The molecule has 5 heteroatoms. The molecular weight excluding hydrogens is 168 g/mol. The molecule has 0 saturated heterocycles. The lowest BCUT2D eigenvalue weighted by molar-refractivity contribution is -0.122. The second kappa shape index (κ2) is 4.69. The van der Waals surface area contributed by atoms with E-state index in [2.05, 4.69) is 10.3 Å². The summed E-state index contributed by atoms with van der Waals surface area (Å²) in [5, 5.41) is 2.80. The number of amides is 1. The van der Waals surface area contributed by atoms with Crippen molar-refractivity contribution >= 4 is 11.9 Å². The fourth-order valence-corrected chi connectivity index (χ4v) is 0.767. The molecule has 0 unspecified atom stereocenters. The average molecular weight is 186 g/mol. The molecule has 5 nitrogen and oxygen atoms in total. The Hall–Kier alpha value is -1.26. The van der Waals surface area contributed by atoms with Crippen molar-refractivity contribution in [3.63, 3.8) is 0 Å². The van der Waals surface area contributed by atoms with E-state index in [1.54, 1.807) is 0 Å². The number of nitrogens with zero attached hydrogens (tertiary/aromatic N) is 1. The van der Waals surface area contributed by atoms with Gasteiger partial charge in [0.2, 0.25) is 5.91 Å². The van der Waals surface area contributed by atoms with Crippen LogP contribution < -0.4 is 16.8 Å². The largest absolute Gasteiger partial charge is 0.370 e. The Bertz CT molecular complexity index is 201. The van der Waals surface area contributed by atoms with Crippen LogP contribution in [-0.4, -0.2) is 24.0 Å². The molecule has 0 aliphatic rings. The third kappa shape index (κ3) is 8.65. The molecule has 0 aliphatic heterocycles. The number of hydrogen-bond acceptors (Lipinski definition) is 2. The van der Waals surface area contributed by atoms with Crippen molar-refractivity contribution < 1.29 is 4.79 Å². The minimum absolute atomic E-state index is 0.0172. The van der Waals surface area contributed by atoms with Crippen molar-refractivity contribution in [2.75, 3.05) is 6.54 Å². The van der Waals surface area contributed by atoms with Gasteiger partial charge in [-0.3, -0.25) is 9.79 Å². The first-order valence-electron chi connectivity index (χ1n) is 4.17. The van der Waals surface area contributed by atoms with Crippen molar-refractivity contribution in [3.05, 3.63) is 0 Å². The molecule has 0 radical (unpaired) electrons. The predicted molar refractivity (Wildman–Crippen MR) is 53.2 cm³/mol. The number of carbonyl (C=O) groups is 1. The maximum absolute atomic E-state index is 11.2. The van der Waals surface area contributed by atoms with Crippen LogP contribution in [0.3, 0.4) is 0 Å². The quantitative estimate of drug-likeness (QED) is 0.412. The lowest BCUT2D eigenvalue weighted by Crippen LogP contribution is -2.40. The van der Waals surface area contributed by atoms with Gasteiger partial charge in [0, 0.05) is 12.0 Å². The van der Waals surface area contributed by atoms with Crippen LogP contribution >= 0.6 is 0 Å². The third-order valence-corrected chi connectivity index (χ3v) is 1.15. The van der Waals surface area contributed by atoms with Crippen molar-refractivity contribution in [3.8, 4) is 0 Å². The van der Waals surface area contributed by atoms with E-state index in [1.165, 1.54) is 0 Å². The molecule has 0 aromatic rings. The van der Waals surface area contributed by atoms with Gasteiger partial charge in [-0.2, -0.15) is 0 Å². The highest BCUT2D eigenvalue weighted by molar-refractivity contribution is 5.78. The van der Waals surface area contributed by atoms with Gasteiger partial charge in [0.25, 0.3) is 0 Å². The molecule has 0 bridgehead atoms. The molecule has 0 saturated carbocycles. The van der Waals surface area contributed by atoms with Crippen LogP contribution in [-0.2, 0) is 4.79 Å². The number of aliphatic imine (C=N–C) groups is 1. The summed E-state index contributed by atoms with van der Waals surface area (Å²) in [4.78, 5) is 14.9. The highest BCUT2D eigenvalue weighted by Crippen LogP contribution is 1.98. The predicted octanol–water partition coefficient (Wildman–Crippen LogP) is -0.435. The Morgan fingerprint density at radius 2 is 1.92 bits per heavy atom. The Morgan fingerprint density at radius 3 is 2.31 bits per heavy atom. The normalized spacial score (nSPS) is 10.7. The fraction of sp³-hybridized carbons (Fsp3) is 0.750. The van der Waals surface area contributed by atoms with E-state index in [-0.39, 0.29) is 17.4 Å². The summed E-state index contributed by atoms with van der Waals surface area (Å²) < 4.78 is 0. The van der Waals surface area contributed by atoms with E-state index >= 15 is 0 Å². The van der Waals surface area contributed by atoms with Crippen LogP contribution in [0, 0.1) is 0 Å². The number of nitrogens with two attached hydrogens (primary N) is 2. The minimum Gasteiger partial charge on any atom is -0.370 e. The molecule has 0 spiro atoms. The molecule has 13 heavy (non-hydrogen) atoms. The molecule has 0 aromatic carbocycles. The lowest BCUT2D eigenvalue weighted by atomic mass is 10.1. The molecule has 0 fully saturated rings. The van der Waals surface area contributed by atoms with Gasteiger partial charge in [0.15, 0.2) is 5.96 Å². The summed E-state index contributed by atoms with van der Waals surface area (Å²) in [7, 11) is 0. The SMILES string of the molecule is CC(C)(C)NC(=O)CCN=C(N)N. The minimum atomic E-state index is -0.199. The summed E-state index contributed by atoms with van der Waals surface area (Å²) >= 11 is 0. The van der Waals surface area contributed by atoms with Crippen molar-refractivity contribution in [1.29, 1.82) is 0 Å². The zero-order valence-corrected chi connectivity index (χ0v) is 8.42. The van der Waals surface area contributed by atoms with Gasteiger partial charge in [-0.1, -0.05) is 0 Å². The number of guanidine groups is 1. The van der Waals surface area contributed by atoms with Gasteiger partial charge in [0.1, 0.15) is 0 Å². The number of carbonyl (C=O) groups excluding carboxylic acids is 1. The highest BCUT2D eigenvalue weighted by atomic mass is 16.1. The lowest BCUT2D eigenvalue weighted by Gasteiger charge is -2.20. The topological polar surface area (TPSA) is 93.5 Å². The van der Waals surface area contributed by atoms with Crippen LogP contribution in [0.25, 0.3) is 0 Å². The smallest absolute Gasteiger partial charge is 0.222 e. The average Bonchev–Trinajstić information content (AvgIpc) is 1.81. The molecular formula is C8H18N4O. The Labute approximate surface area is 78.6 Å². The first kappa shape index (κ1) is 11.7. The first-order valence-corrected chi connectivity index (χ1v) is 4.17. The van der Waals surface area contributed by atoms with Crippen LogP contribution in [0.1, 0.15) is 27.2 Å². The van der Waals surface area contributed by atoms with E-state index in [0.717, 1.165) is 0 Å². The van der Waals surface area contributed by atoms with Crippen molar-refractivity contribution in [2.24, 2.45) is 16.5 Å². The van der Waals surface area contributed by atoms with Crippen LogP contribution in [0.2, 0.25) is 0 Å². The summed E-state index contributed by atoms with van der Waals surface area (Å²) in [6, 6.07) is 0. The van der Waals surface area contributed by atoms with E-state index in [9.17, 15) is 4.79 Å². The Morgan fingerprint density at radius 1 is 1.38 bits per heavy atom. The monoisotopic (exact) mass is 186 g/mol. The number of rotatable bonds is 3. The van der Waals surface area contributed by atoms with Gasteiger partial charge in [-0.05, 0) is 20.8 Å². The van der Waals surface area contributed by atoms with Gasteiger partial charge in [0.05, 0.1) is 6.54 Å². The molecule has 0 atom stereocenters.